The number of nitrogens with zero attached hydrogens (tertiary/aromatic N) is 1. The lowest BCUT2D eigenvalue weighted by molar-refractivity contribution is -0.122. The van der Waals surface area contributed by atoms with Crippen molar-refractivity contribution in [3.05, 3.63) is 35.6 Å². The number of benzene rings is 1. The standard InChI is InChI=1S/C12H13FN2O/c1-8(10-4-2-3-5-11(10)13)14-15-12(16)9-6-7-9/h2-5,9H,6-7H2,1H3,(H,15,16)/b14-8-. The third-order valence-electron chi connectivity index (χ3n) is 2.55. The molecule has 0 saturated heterocycles. The third kappa shape index (κ3) is 2.45. The molecule has 0 radical (unpaired) electrons. The van der Waals surface area contributed by atoms with Gasteiger partial charge in [-0.1, -0.05) is 18.2 Å². The number of carbonyl (C=O) groups excluding carboxylic acids is 1. The topological polar surface area (TPSA) is 41.5 Å². The number of hydrogen-bond acceptors (Lipinski definition) is 2. The monoisotopic (exact) mass is 220 g/mol. The summed E-state index contributed by atoms with van der Waals surface area (Å²) in [5.41, 5.74) is 3.35. The van der Waals surface area contributed by atoms with Crippen LogP contribution in [-0.2, 0) is 4.79 Å². The van der Waals surface area contributed by atoms with Crippen LogP contribution in [0.3, 0.4) is 0 Å². The first-order chi connectivity index (χ1) is 7.68. The van der Waals surface area contributed by atoms with Crippen molar-refractivity contribution in [2.45, 2.75) is 19.8 Å². The summed E-state index contributed by atoms with van der Waals surface area (Å²) < 4.78 is 13.3. The number of hydrogen-bond donors (Lipinski definition) is 1. The molecule has 84 valence electrons. The van der Waals surface area contributed by atoms with E-state index in [4.69, 9.17) is 0 Å². The predicted molar refractivity (Wildman–Crippen MR) is 59.5 cm³/mol. The van der Waals surface area contributed by atoms with Crippen molar-refractivity contribution in [2.75, 3.05) is 0 Å². The molecule has 0 aliphatic heterocycles. The molecule has 0 spiro atoms. The van der Waals surface area contributed by atoms with Crippen molar-refractivity contribution in [1.29, 1.82) is 0 Å². The van der Waals surface area contributed by atoms with Gasteiger partial charge in [0.15, 0.2) is 0 Å². The Kier molecular flexibility index (Phi) is 2.99. The molecule has 1 fully saturated rings. The van der Waals surface area contributed by atoms with Crippen molar-refractivity contribution in [3.63, 3.8) is 0 Å². The van der Waals surface area contributed by atoms with Crippen LogP contribution in [0.15, 0.2) is 29.4 Å². The molecular weight excluding hydrogens is 207 g/mol. The number of hydrazone groups is 1. The maximum Gasteiger partial charge on any atom is 0.243 e. The number of amides is 1. The summed E-state index contributed by atoms with van der Waals surface area (Å²) in [6.07, 6.45) is 1.86. The first-order valence-corrected chi connectivity index (χ1v) is 5.27. The fourth-order valence-corrected chi connectivity index (χ4v) is 1.39. The van der Waals surface area contributed by atoms with Crippen LogP contribution in [-0.4, -0.2) is 11.6 Å². The molecule has 0 aromatic heterocycles. The van der Waals surface area contributed by atoms with Crippen molar-refractivity contribution >= 4 is 11.6 Å². The van der Waals surface area contributed by atoms with Gasteiger partial charge in [-0.25, -0.2) is 9.82 Å². The second kappa shape index (κ2) is 4.43. The Morgan fingerprint density at radius 3 is 2.75 bits per heavy atom. The van der Waals surface area contributed by atoms with Gasteiger partial charge in [0.05, 0.1) is 5.71 Å². The maximum atomic E-state index is 13.3. The molecule has 1 aromatic carbocycles. The highest BCUT2D eigenvalue weighted by Crippen LogP contribution is 2.28. The molecule has 0 atom stereocenters. The van der Waals surface area contributed by atoms with E-state index >= 15 is 0 Å². The van der Waals surface area contributed by atoms with Crippen LogP contribution in [0, 0.1) is 11.7 Å². The summed E-state index contributed by atoms with van der Waals surface area (Å²) in [4.78, 5) is 11.3. The minimum atomic E-state index is -0.329. The molecule has 1 N–H and O–H groups in total. The van der Waals surface area contributed by atoms with Gasteiger partial charge in [0.1, 0.15) is 5.82 Å². The normalized spacial score (nSPS) is 16.0. The molecule has 1 aliphatic carbocycles. The van der Waals surface area contributed by atoms with Crippen molar-refractivity contribution in [3.8, 4) is 0 Å². The lowest BCUT2D eigenvalue weighted by Crippen LogP contribution is -2.20. The maximum absolute atomic E-state index is 13.3. The number of halogens is 1. The first kappa shape index (κ1) is 10.8. The largest absolute Gasteiger partial charge is 0.273 e. The van der Waals surface area contributed by atoms with E-state index in [0.29, 0.717) is 11.3 Å². The SMILES string of the molecule is C/C(=N/NC(=O)C1CC1)c1ccccc1F. The van der Waals surface area contributed by atoms with Crippen LogP contribution in [0.2, 0.25) is 0 Å². The molecule has 0 bridgehead atoms. The summed E-state index contributed by atoms with van der Waals surface area (Å²) in [7, 11) is 0. The van der Waals surface area contributed by atoms with Gasteiger partial charge >= 0.3 is 0 Å². The Labute approximate surface area is 93.4 Å². The Bertz CT molecular complexity index is 438. The molecule has 1 aromatic rings. The van der Waals surface area contributed by atoms with Crippen LogP contribution in [0.5, 0.6) is 0 Å². The van der Waals surface area contributed by atoms with Gasteiger partial charge in [-0.05, 0) is 25.8 Å². The Morgan fingerprint density at radius 2 is 2.12 bits per heavy atom. The van der Waals surface area contributed by atoms with E-state index < -0.39 is 0 Å². The number of nitrogens with one attached hydrogen (secondary N) is 1. The minimum absolute atomic E-state index is 0.0734. The molecule has 2 rings (SSSR count). The van der Waals surface area contributed by atoms with Crippen LogP contribution >= 0.6 is 0 Å². The molecule has 1 saturated carbocycles. The highest BCUT2D eigenvalue weighted by atomic mass is 19.1. The van der Waals surface area contributed by atoms with Gasteiger partial charge < -0.3 is 0 Å². The van der Waals surface area contributed by atoms with E-state index in [0.717, 1.165) is 12.8 Å². The van der Waals surface area contributed by atoms with E-state index in [-0.39, 0.29) is 17.6 Å². The average Bonchev–Trinajstić information content (AvgIpc) is 3.10. The fourth-order valence-electron chi connectivity index (χ4n) is 1.39. The highest BCUT2D eigenvalue weighted by molar-refractivity contribution is 5.99. The van der Waals surface area contributed by atoms with E-state index in [1.54, 1.807) is 25.1 Å². The quantitative estimate of drug-likeness (QED) is 0.615. The Balaban J connectivity index is 2.06. The second-order valence-corrected chi connectivity index (χ2v) is 3.93. The van der Waals surface area contributed by atoms with Crippen molar-refractivity contribution in [2.24, 2.45) is 11.0 Å². The zero-order valence-corrected chi connectivity index (χ0v) is 9.03. The second-order valence-electron chi connectivity index (χ2n) is 3.93. The first-order valence-electron chi connectivity index (χ1n) is 5.27. The van der Waals surface area contributed by atoms with Crippen LogP contribution in [0.1, 0.15) is 25.3 Å². The lowest BCUT2D eigenvalue weighted by Gasteiger charge is -2.02. The van der Waals surface area contributed by atoms with E-state index in [9.17, 15) is 9.18 Å². The van der Waals surface area contributed by atoms with Crippen molar-refractivity contribution < 1.29 is 9.18 Å². The van der Waals surface area contributed by atoms with Gasteiger partial charge in [0.25, 0.3) is 0 Å². The highest BCUT2D eigenvalue weighted by Gasteiger charge is 2.29. The summed E-state index contributed by atoms with van der Waals surface area (Å²) in [6.45, 7) is 1.67. The number of carbonyl (C=O) groups is 1. The average molecular weight is 220 g/mol. The molecular formula is C12H13FN2O. The van der Waals surface area contributed by atoms with Gasteiger partial charge in [-0.2, -0.15) is 5.10 Å². The van der Waals surface area contributed by atoms with Crippen LogP contribution < -0.4 is 5.43 Å². The van der Waals surface area contributed by atoms with Crippen LogP contribution in [0.4, 0.5) is 4.39 Å². The summed E-state index contributed by atoms with van der Waals surface area (Å²) in [6, 6.07) is 6.36. The van der Waals surface area contributed by atoms with Crippen molar-refractivity contribution in [1.82, 2.24) is 5.43 Å². The van der Waals surface area contributed by atoms with Crippen LogP contribution in [0.25, 0.3) is 0 Å². The van der Waals surface area contributed by atoms with Gasteiger partial charge in [0.2, 0.25) is 5.91 Å². The molecule has 1 amide bonds. The Hall–Kier alpha value is -1.71. The van der Waals surface area contributed by atoms with E-state index in [1.165, 1.54) is 6.07 Å². The lowest BCUT2D eigenvalue weighted by atomic mass is 10.1. The molecule has 1 aliphatic rings. The van der Waals surface area contributed by atoms with E-state index in [2.05, 4.69) is 10.5 Å². The van der Waals surface area contributed by atoms with Gasteiger partial charge in [-0.15, -0.1) is 0 Å². The summed E-state index contributed by atoms with van der Waals surface area (Å²) >= 11 is 0. The van der Waals surface area contributed by atoms with Gasteiger partial charge in [0, 0.05) is 11.5 Å². The molecule has 16 heavy (non-hydrogen) atoms. The molecule has 0 unspecified atom stereocenters. The molecule has 0 heterocycles. The predicted octanol–water partition coefficient (Wildman–Crippen LogP) is 2.08. The fraction of sp³-hybridized carbons (Fsp3) is 0.333. The zero-order chi connectivity index (χ0) is 11.5. The molecule has 3 nitrogen and oxygen atoms in total. The smallest absolute Gasteiger partial charge is 0.243 e. The Morgan fingerprint density at radius 1 is 1.44 bits per heavy atom. The summed E-state index contributed by atoms with van der Waals surface area (Å²) in [5, 5.41) is 3.89. The molecule has 4 heteroatoms. The minimum Gasteiger partial charge on any atom is -0.273 e. The third-order valence-corrected chi connectivity index (χ3v) is 2.55. The van der Waals surface area contributed by atoms with Gasteiger partial charge in [-0.3, -0.25) is 4.79 Å². The summed E-state index contributed by atoms with van der Waals surface area (Å²) in [5.74, 6) is -0.294. The zero-order valence-electron chi connectivity index (χ0n) is 9.03. The number of rotatable bonds is 3. The van der Waals surface area contributed by atoms with E-state index in [1.807, 2.05) is 0 Å².